The third-order valence-electron chi connectivity index (χ3n) is 3.82. The van der Waals surface area contributed by atoms with Gasteiger partial charge in [-0.15, -0.1) is 0 Å². The maximum Gasteiger partial charge on any atom is 0.211 e. The number of sulfonamides is 1. The van der Waals surface area contributed by atoms with Crippen LogP contribution in [-0.4, -0.2) is 44.7 Å². The minimum atomic E-state index is -3.02. The third-order valence-corrected chi connectivity index (χ3v) is 5.09. The molecule has 1 saturated heterocycles. The molecule has 0 aromatic carbocycles. The fourth-order valence-corrected chi connectivity index (χ4v) is 3.99. The zero-order valence-electron chi connectivity index (χ0n) is 12.9. The lowest BCUT2D eigenvalue weighted by molar-refractivity contribution is 0.229. The fraction of sp³-hybridized carbons (Fsp3) is 1.00. The SMILES string of the molecule is CCNC(CC(C)C)CC1CCCN(S(C)(=O)=O)C1. The second-order valence-electron chi connectivity index (χ2n) is 6.25. The van der Waals surface area contributed by atoms with Crippen LogP contribution in [0.1, 0.15) is 46.5 Å². The Hall–Kier alpha value is -0.130. The van der Waals surface area contributed by atoms with Gasteiger partial charge in [-0.3, -0.25) is 0 Å². The molecular formula is C14H30N2O2S. The van der Waals surface area contributed by atoms with Crippen molar-refractivity contribution in [3.8, 4) is 0 Å². The molecule has 0 radical (unpaired) electrons. The number of piperidine rings is 1. The van der Waals surface area contributed by atoms with Crippen molar-refractivity contribution in [1.29, 1.82) is 0 Å². The summed E-state index contributed by atoms with van der Waals surface area (Å²) in [5.41, 5.74) is 0. The van der Waals surface area contributed by atoms with Gasteiger partial charge in [0, 0.05) is 19.1 Å². The molecule has 2 atom stereocenters. The number of nitrogens with zero attached hydrogens (tertiary/aromatic N) is 1. The van der Waals surface area contributed by atoms with E-state index in [4.69, 9.17) is 0 Å². The molecule has 0 spiro atoms. The molecule has 1 aliphatic rings. The molecule has 2 unspecified atom stereocenters. The Bertz CT molecular complexity index is 354. The van der Waals surface area contributed by atoms with Crippen molar-refractivity contribution < 1.29 is 8.42 Å². The second kappa shape index (κ2) is 7.60. The van der Waals surface area contributed by atoms with Crippen molar-refractivity contribution in [3.63, 3.8) is 0 Å². The standard InChI is InChI=1S/C14H30N2O2S/c1-5-15-14(9-12(2)3)10-13-7-6-8-16(11-13)19(4,17)18/h12-15H,5-11H2,1-4H3. The normalized spacial score (nSPS) is 23.7. The predicted molar refractivity (Wildman–Crippen MR) is 80.7 cm³/mol. The lowest BCUT2D eigenvalue weighted by atomic mass is 9.89. The van der Waals surface area contributed by atoms with Gasteiger partial charge in [-0.05, 0) is 44.1 Å². The fourth-order valence-electron chi connectivity index (χ4n) is 3.04. The molecular weight excluding hydrogens is 260 g/mol. The summed E-state index contributed by atoms with van der Waals surface area (Å²) in [6, 6.07) is 0.523. The summed E-state index contributed by atoms with van der Waals surface area (Å²) in [4.78, 5) is 0. The Balaban J connectivity index is 2.54. The van der Waals surface area contributed by atoms with Gasteiger partial charge in [0.05, 0.1) is 6.26 Å². The van der Waals surface area contributed by atoms with E-state index in [9.17, 15) is 8.42 Å². The minimum Gasteiger partial charge on any atom is -0.314 e. The number of nitrogens with one attached hydrogen (secondary N) is 1. The van der Waals surface area contributed by atoms with Crippen molar-refractivity contribution in [2.45, 2.75) is 52.5 Å². The molecule has 4 nitrogen and oxygen atoms in total. The van der Waals surface area contributed by atoms with Crippen LogP contribution in [0.2, 0.25) is 0 Å². The zero-order valence-corrected chi connectivity index (χ0v) is 13.7. The third kappa shape index (κ3) is 6.23. The van der Waals surface area contributed by atoms with E-state index < -0.39 is 10.0 Å². The van der Waals surface area contributed by atoms with Crippen LogP contribution in [0.5, 0.6) is 0 Å². The van der Waals surface area contributed by atoms with Crippen LogP contribution in [0.4, 0.5) is 0 Å². The van der Waals surface area contributed by atoms with Gasteiger partial charge < -0.3 is 5.32 Å². The Labute approximate surface area is 119 Å². The zero-order chi connectivity index (χ0) is 14.5. The molecule has 1 rings (SSSR count). The molecule has 0 bridgehead atoms. The lowest BCUT2D eigenvalue weighted by Gasteiger charge is -2.33. The van der Waals surface area contributed by atoms with E-state index in [0.717, 1.165) is 25.8 Å². The van der Waals surface area contributed by atoms with Gasteiger partial charge >= 0.3 is 0 Å². The Morgan fingerprint density at radius 2 is 2.05 bits per heavy atom. The van der Waals surface area contributed by atoms with E-state index in [0.29, 0.717) is 31.0 Å². The summed E-state index contributed by atoms with van der Waals surface area (Å²) in [5.74, 6) is 1.19. The number of hydrogen-bond acceptors (Lipinski definition) is 3. The van der Waals surface area contributed by atoms with Crippen molar-refractivity contribution in [2.75, 3.05) is 25.9 Å². The van der Waals surface area contributed by atoms with Gasteiger partial charge in [0.2, 0.25) is 10.0 Å². The molecule has 1 heterocycles. The average Bonchev–Trinajstić information content (AvgIpc) is 2.27. The number of rotatable bonds is 7. The molecule has 0 aliphatic carbocycles. The van der Waals surface area contributed by atoms with Crippen LogP contribution < -0.4 is 5.32 Å². The monoisotopic (exact) mass is 290 g/mol. The predicted octanol–water partition coefficient (Wildman–Crippen LogP) is 2.07. The highest BCUT2D eigenvalue weighted by atomic mass is 32.2. The van der Waals surface area contributed by atoms with E-state index in [1.165, 1.54) is 12.7 Å². The van der Waals surface area contributed by atoms with Crippen LogP contribution in [-0.2, 0) is 10.0 Å². The van der Waals surface area contributed by atoms with Gasteiger partial charge in [-0.25, -0.2) is 12.7 Å². The van der Waals surface area contributed by atoms with E-state index in [2.05, 4.69) is 26.1 Å². The quantitative estimate of drug-likeness (QED) is 0.781. The van der Waals surface area contributed by atoms with Gasteiger partial charge in [-0.2, -0.15) is 0 Å². The Morgan fingerprint density at radius 1 is 1.37 bits per heavy atom. The molecule has 5 heteroatoms. The smallest absolute Gasteiger partial charge is 0.211 e. The van der Waals surface area contributed by atoms with Gasteiger partial charge in [0.25, 0.3) is 0 Å². The van der Waals surface area contributed by atoms with Crippen LogP contribution in [0, 0.1) is 11.8 Å². The van der Waals surface area contributed by atoms with Crippen molar-refractivity contribution in [3.05, 3.63) is 0 Å². The molecule has 0 amide bonds. The first-order chi connectivity index (χ1) is 8.82. The molecule has 114 valence electrons. The maximum atomic E-state index is 11.6. The molecule has 1 fully saturated rings. The van der Waals surface area contributed by atoms with E-state index in [1.807, 2.05) is 0 Å². The van der Waals surface area contributed by atoms with Crippen LogP contribution >= 0.6 is 0 Å². The van der Waals surface area contributed by atoms with Gasteiger partial charge in [0.15, 0.2) is 0 Å². The van der Waals surface area contributed by atoms with Crippen LogP contribution in [0.15, 0.2) is 0 Å². The minimum absolute atomic E-state index is 0.506. The first-order valence-corrected chi connectivity index (χ1v) is 9.36. The average molecular weight is 290 g/mol. The highest BCUT2D eigenvalue weighted by Gasteiger charge is 2.27. The summed E-state index contributed by atoms with van der Waals surface area (Å²) in [6.07, 6.45) is 5.75. The second-order valence-corrected chi connectivity index (χ2v) is 8.23. The molecule has 19 heavy (non-hydrogen) atoms. The number of hydrogen-bond donors (Lipinski definition) is 1. The molecule has 1 aliphatic heterocycles. The Kier molecular flexibility index (Phi) is 6.77. The van der Waals surface area contributed by atoms with Crippen LogP contribution in [0.3, 0.4) is 0 Å². The molecule has 0 aromatic rings. The van der Waals surface area contributed by atoms with Gasteiger partial charge in [0.1, 0.15) is 0 Å². The molecule has 0 saturated carbocycles. The summed E-state index contributed by atoms with van der Waals surface area (Å²) in [5, 5.41) is 3.55. The highest BCUT2D eigenvalue weighted by Crippen LogP contribution is 2.24. The van der Waals surface area contributed by atoms with Gasteiger partial charge in [-0.1, -0.05) is 20.8 Å². The Morgan fingerprint density at radius 3 is 2.58 bits per heavy atom. The van der Waals surface area contributed by atoms with Crippen molar-refractivity contribution >= 4 is 10.0 Å². The first-order valence-electron chi connectivity index (χ1n) is 7.51. The summed E-state index contributed by atoms with van der Waals surface area (Å²) in [7, 11) is -3.02. The largest absolute Gasteiger partial charge is 0.314 e. The highest BCUT2D eigenvalue weighted by molar-refractivity contribution is 7.88. The molecule has 0 aromatic heterocycles. The van der Waals surface area contributed by atoms with Crippen molar-refractivity contribution in [2.24, 2.45) is 11.8 Å². The van der Waals surface area contributed by atoms with Crippen LogP contribution in [0.25, 0.3) is 0 Å². The van der Waals surface area contributed by atoms with E-state index in [1.54, 1.807) is 4.31 Å². The summed E-state index contributed by atoms with van der Waals surface area (Å²) < 4.78 is 24.9. The topological polar surface area (TPSA) is 49.4 Å². The first kappa shape index (κ1) is 16.9. The van der Waals surface area contributed by atoms with Crippen molar-refractivity contribution in [1.82, 2.24) is 9.62 Å². The van der Waals surface area contributed by atoms with E-state index >= 15 is 0 Å². The summed E-state index contributed by atoms with van der Waals surface area (Å²) in [6.45, 7) is 9.02. The molecule has 1 N–H and O–H groups in total. The maximum absolute atomic E-state index is 11.6. The lowest BCUT2D eigenvalue weighted by Crippen LogP contribution is -2.42. The summed E-state index contributed by atoms with van der Waals surface area (Å²) >= 11 is 0. The van der Waals surface area contributed by atoms with E-state index in [-0.39, 0.29) is 0 Å².